The van der Waals surface area contributed by atoms with E-state index in [0.717, 1.165) is 27.7 Å². The average molecular weight is 489 g/mol. The molecule has 164 valence electrons. The van der Waals surface area contributed by atoms with Gasteiger partial charge in [-0.15, -0.1) is 11.8 Å². The van der Waals surface area contributed by atoms with Gasteiger partial charge < -0.3 is 5.32 Å². The number of amides is 1. The average Bonchev–Trinajstić information content (AvgIpc) is 3.51. The third kappa shape index (κ3) is 2.22. The second-order valence-corrected chi connectivity index (χ2v) is 12.2. The summed E-state index contributed by atoms with van der Waals surface area (Å²) in [6.07, 6.45) is 0. The van der Waals surface area contributed by atoms with Crippen LogP contribution in [0.4, 0.5) is 0 Å². The van der Waals surface area contributed by atoms with E-state index in [1.165, 1.54) is 17.3 Å². The Hall–Kier alpha value is -2.19. The second kappa shape index (κ2) is 6.69. The SMILES string of the molecule is Cc1ccc([C@@H]2[C@H]3CSCN3[C@]3(C(=O)c4cccc5cccc3c45)[C@]23SC(=S)NC3=O)cc1. The number of rotatable bonds is 1. The summed E-state index contributed by atoms with van der Waals surface area (Å²) in [5, 5.41) is 4.97. The van der Waals surface area contributed by atoms with Crippen LogP contribution in [0, 0.1) is 6.92 Å². The van der Waals surface area contributed by atoms with Gasteiger partial charge in [0.1, 0.15) is 14.6 Å². The molecule has 4 atom stereocenters. The second-order valence-electron chi connectivity index (χ2n) is 9.25. The fourth-order valence-corrected chi connectivity index (χ4v) is 9.92. The van der Waals surface area contributed by atoms with Crippen molar-refractivity contribution in [3.63, 3.8) is 0 Å². The van der Waals surface area contributed by atoms with Crippen LogP contribution in [0.3, 0.4) is 0 Å². The molecule has 3 saturated heterocycles. The molecule has 0 bridgehead atoms. The molecule has 3 aromatic rings. The molecular formula is C26H20N2O2S3. The number of ketones is 1. The first kappa shape index (κ1) is 20.2. The quantitative estimate of drug-likeness (QED) is 0.506. The third-order valence-electron chi connectivity index (χ3n) is 7.82. The first-order valence-electron chi connectivity index (χ1n) is 11.0. The van der Waals surface area contributed by atoms with Crippen LogP contribution in [-0.2, 0) is 10.3 Å². The number of hydrogen-bond donors (Lipinski definition) is 1. The van der Waals surface area contributed by atoms with E-state index in [0.29, 0.717) is 15.8 Å². The Bertz CT molecular complexity index is 1400. The number of benzene rings is 3. The summed E-state index contributed by atoms with van der Waals surface area (Å²) in [6.45, 7) is 2.07. The van der Waals surface area contributed by atoms with Gasteiger partial charge in [0.25, 0.3) is 0 Å². The van der Waals surface area contributed by atoms with Crippen LogP contribution in [-0.4, -0.2) is 43.3 Å². The number of Topliss-reactive ketones (excluding diaryl/α,β-unsaturated/α-hetero) is 1. The van der Waals surface area contributed by atoms with Crippen LogP contribution in [0.15, 0.2) is 60.7 Å². The molecule has 3 fully saturated rings. The summed E-state index contributed by atoms with van der Waals surface area (Å²) in [5.74, 6) is 1.32. The maximum atomic E-state index is 14.6. The molecule has 1 N–H and O–H groups in total. The molecule has 3 aromatic carbocycles. The van der Waals surface area contributed by atoms with Crippen molar-refractivity contribution in [1.29, 1.82) is 0 Å². The van der Waals surface area contributed by atoms with Crippen molar-refractivity contribution in [3.8, 4) is 0 Å². The Kier molecular flexibility index (Phi) is 4.10. The van der Waals surface area contributed by atoms with Gasteiger partial charge in [0.15, 0.2) is 5.78 Å². The molecule has 0 aromatic heterocycles. The molecule has 7 heteroatoms. The number of hydrogen-bond acceptors (Lipinski definition) is 6. The van der Waals surface area contributed by atoms with E-state index >= 15 is 0 Å². The van der Waals surface area contributed by atoms with Crippen molar-refractivity contribution in [2.45, 2.75) is 29.2 Å². The van der Waals surface area contributed by atoms with Crippen molar-refractivity contribution in [2.75, 3.05) is 11.6 Å². The first-order valence-corrected chi connectivity index (χ1v) is 13.4. The zero-order valence-electron chi connectivity index (χ0n) is 17.8. The largest absolute Gasteiger partial charge is 0.310 e. The molecule has 4 aliphatic rings. The van der Waals surface area contributed by atoms with Gasteiger partial charge in [-0.1, -0.05) is 90.2 Å². The van der Waals surface area contributed by atoms with E-state index < -0.39 is 10.3 Å². The van der Waals surface area contributed by atoms with Gasteiger partial charge in [0.05, 0.1) is 0 Å². The van der Waals surface area contributed by atoms with Crippen LogP contribution >= 0.6 is 35.7 Å². The smallest absolute Gasteiger partial charge is 0.245 e. The van der Waals surface area contributed by atoms with Crippen LogP contribution in [0.1, 0.15) is 33.0 Å². The summed E-state index contributed by atoms with van der Waals surface area (Å²) in [6, 6.07) is 20.6. The summed E-state index contributed by atoms with van der Waals surface area (Å²) < 4.78 is -0.601. The van der Waals surface area contributed by atoms with Gasteiger partial charge in [-0.2, -0.15) is 0 Å². The monoisotopic (exact) mass is 488 g/mol. The molecule has 3 heterocycles. The molecule has 7 rings (SSSR count). The topological polar surface area (TPSA) is 49.4 Å². The number of aryl methyl sites for hydroxylation is 1. The fourth-order valence-electron chi connectivity index (χ4n) is 6.67. The van der Waals surface area contributed by atoms with E-state index in [1.807, 2.05) is 30.0 Å². The summed E-state index contributed by atoms with van der Waals surface area (Å²) >= 11 is 8.83. The molecule has 1 amide bonds. The van der Waals surface area contributed by atoms with E-state index in [9.17, 15) is 9.59 Å². The Morgan fingerprint density at radius 1 is 1.06 bits per heavy atom. The number of thioether (sulfide) groups is 2. The van der Waals surface area contributed by atoms with Crippen LogP contribution in [0.2, 0.25) is 0 Å². The van der Waals surface area contributed by atoms with Gasteiger partial charge in [0.2, 0.25) is 5.91 Å². The standard InChI is InChI=1S/C26H20N2O2S3/c1-14-8-10-16(11-9-14)21-19-12-32-13-28(19)25(26(21)23(30)27-24(31)33-26)18-7-3-5-15-4-2-6-17(20(15)18)22(25)29/h2-11,19,21H,12-13H2,1H3,(H,27,30,31)/t19-,21-,25-,26+/m1/s1. The Labute approximate surface area is 205 Å². The lowest BCUT2D eigenvalue weighted by molar-refractivity contribution is -0.123. The lowest BCUT2D eigenvalue weighted by Crippen LogP contribution is -2.61. The number of thiocarbonyl (C=S) groups is 1. The van der Waals surface area contributed by atoms with E-state index in [4.69, 9.17) is 12.2 Å². The van der Waals surface area contributed by atoms with Gasteiger partial charge in [-0.3, -0.25) is 14.5 Å². The molecule has 33 heavy (non-hydrogen) atoms. The zero-order chi connectivity index (χ0) is 22.5. The number of nitrogens with zero attached hydrogens (tertiary/aromatic N) is 1. The van der Waals surface area contributed by atoms with Gasteiger partial charge in [0, 0.05) is 29.2 Å². The van der Waals surface area contributed by atoms with Crippen molar-refractivity contribution < 1.29 is 9.59 Å². The Morgan fingerprint density at radius 2 is 1.82 bits per heavy atom. The van der Waals surface area contributed by atoms with Crippen molar-refractivity contribution in [1.82, 2.24) is 10.2 Å². The number of nitrogens with one attached hydrogen (secondary N) is 1. The Balaban J connectivity index is 1.61. The van der Waals surface area contributed by atoms with Crippen LogP contribution < -0.4 is 5.32 Å². The molecule has 1 aliphatic carbocycles. The molecular weight excluding hydrogens is 468 g/mol. The van der Waals surface area contributed by atoms with Crippen LogP contribution in [0.25, 0.3) is 10.8 Å². The van der Waals surface area contributed by atoms with Gasteiger partial charge in [-0.05, 0) is 28.8 Å². The lowest BCUT2D eigenvalue weighted by Gasteiger charge is -2.43. The summed E-state index contributed by atoms with van der Waals surface area (Å²) in [4.78, 5) is 31.0. The number of carbonyl (C=O) groups excluding carboxylic acids is 2. The highest BCUT2D eigenvalue weighted by molar-refractivity contribution is 8.25. The van der Waals surface area contributed by atoms with Crippen molar-refractivity contribution >= 4 is 62.5 Å². The minimum atomic E-state index is -1.09. The molecule has 2 spiro atoms. The highest BCUT2D eigenvalue weighted by Gasteiger charge is 2.79. The predicted octanol–water partition coefficient (Wildman–Crippen LogP) is 4.60. The maximum absolute atomic E-state index is 14.6. The molecule has 0 saturated carbocycles. The zero-order valence-corrected chi connectivity index (χ0v) is 20.3. The normalized spacial score (nSPS) is 32.5. The van der Waals surface area contributed by atoms with Crippen molar-refractivity contribution in [2.24, 2.45) is 0 Å². The van der Waals surface area contributed by atoms with Gasteiger partial charge in [-0.25, -0.2) is 0 Å². The molecule has 0 unspecified atom stereocenters. The first-order chi connectivity index (χ1) is 16.0. The van der Waals surface area contributed by atoms with Crippen LogP contribution in [0.5, 0.6) is 0 Å². The highest BCUT2D eigenvalue weighted by Crippen LogP contribution is 2.69. The molecule has 3 aliphatic heterocycles. The van der Waals surface area contributed by atoms with E-state index in [-0.39, 0.29) is 23.7 Å². The Morgan fingerprint density at radius 3 is 2.55 bits per heavy atom. The minimum Gasteiger partial charge on any atom is -0.310 e. The maximum Gasteiger partial charge on any atom is 0.245 e. The molecule has 0 radical (unpaired) electrons. The highest BCUT2D eigenvalue weighted by atomic mass is 32.2. The summed E-state index contributed by atoms with van der Waals surface area (Å²) in [5.41, 5.74) is 2.85. The van der Waals surface area contributed by atoms with Gasteiger partial charge >= 0.3 is 0 Å². The summed E-state index contributed by atoms with van der Waals surface area (Å²) in [7, 11) is 0. The van der Waals surface area contributed by atoms with Crippen molar-refractivity contribution in [3.05, 3.63) is 82.9 Å². The third-order valence-corrected chi connectivity index (χ3v) is 10.6. The molecule has 4 nitrogen and oxygen atoms in total. The van der Waals surface area contributed by atoms with E-state index in [1.54, 1.807) is 0 Å². The lowest BCUT2D eigenvalue weighted by atomic mass is 9.70. The van der Waals surface area contributed by atoms with E-state index in [2.05, 4.69) is 59.6 Å². The fraction of sp³-hybridized carbons (Fsp3) is 0.269. The minimum absolute atomic E-state index is 0.0313. The number of carbonyl (C=O) groups is 2. The predicted molar refractivity (Wildman–Crippen MR) is 138 cm³/mol. The number of fused-ring (bicyclic) bond motifs is 4.